The van der Waals surface area contributed by atoms with Gasteiger partial charge in [-0.25, -0.2) is 0 Å². The van der Waals surface area contributed by atoms with Gasteiger partial charge in [-0.2, -0.15) is 0 Å². The highest BCUT2D eigenvalue weighted by Gasteiger charge is 2.29. The van der Waals surface area contributed by atoms with Crippen LogP contribution in [0.3, 0.4) is 0 Å². The van der Waals surface area contributed by atoms with Crippen molar-refractivity contribution < 1.29 is 4.74 Å². The van der Waals surface area contributed by atoms with Crippen molar-refractivity contribution in [1.82, 2.24) is 29.4 Å². The minimum absolute atomic E-state index is 0.436. The van der Waals surface area contributed by atoms with E-state index in [4.69, 9.17) is 4.74 Å². The largest absolute Gasteiger partial charge is 0.492 e. The van der Waals surface area contributed by atoms with Crippen LogP contribution in [0.1, 0.15) is 20.3 Å². The lowest BCUT2D eigenvalue weighted by Gasteiger charge is -2.42. The fourth-order valence-electron chi connectivity index (χ4n) is 4.85. The van der Waals surface area contributed by atoms with E-state index >= 15 is 0 Å². The van der Waals surface area contributed by atoms with Gasteiger partial charge in [0, 0.05) is 31.7 Å². The molecule has 0 aliphatic carbocycles. The second-order valence-electron chi connectivity index (χ2n) is 10.1. The van der Waals surface area contributed by atoms with Gasteiger partial charge in [0.1, 0.15) is 5.75 Å². The van der Waals surface area contributed by atoms with E-state index in [0.717, 1.165) is 70.0 Å². The number of benzene rings is 2. The molecule has 190 valence electrons. The molecule has 0 N–H and O–H groups in total. The van der Waals surface area contributed by atoms with E-state index < -0.39 is 0 Å². The molecule has 4 aromatic rings. The van der Waals surface area contributed by atoms with Gasteiger partial charge in [0.15, 0.2) is 5.65 Å². The Hall–Kier alpha value is -2.75. The molecule has 1 aliphatic rings. The third-order valence-electron chi connectivity index (χ3n) is 7.12. The molecule has 0 radical (unpaired) electrons. The summed E-state index contributed by atoms with van der Waals surface area (Å²) in [6.07, 6.45) is 2.79. The van der Waals surface area contributed by atoms with Gasteiger partial charge >= 0.3 is 0 Å². The summed E-state index contributed by atoms with van der Waals surface area (Å²) in [6, 6.07) is 13.5. The molecule has 3 heterocycles. The van der Waals surface area contributed by atoms with Gasteiger partial charge in [-0.05, 0) is 92.7 Å². The molecule has 9 heteroatoms. The maximum atomic E-state index is 5.99. The zero-order valence-corrected chi connectivity index (χ0v) is 23.2. The van der Waals surface area contributed by atoms with Gasteiger partial charge in [0.2, 0.25) is 5.95 Å². The lowest BCUT2D eigenvalue weighted by molar-refractivity contribution is 0.169. The Morgan fingerprint density at radius 1 is 1.03 bits per heavy atom. The van der Waals surface area contributed by atoms with Crippen LogP contribution in [0.15, 0.2) is 47.1 Å². The van der Waals surface area contributed by atoms with Gasteiger partial charge in [0.05, 0.1) is 28.3 Å². The molecule has 2 atom stereocenters. The van der Waals surface area contributed by atoms with Crippen molar-refractivity contribution in [3.63, 3.8) is 0 Å². The standard InChI is InChI=1S/C27H34BrN7O/c1-18-16-34(17-19(2)33(18)5)27-31-30-26-15-29-23-9-7-21(14-24(23)35(26)27)20-8-10-25(22(28)13-20)36-12-6-11-32(3)4/h7-10,13-15,18-19H,6,11-12,16-17H2,1-5H3/t18-,19?/m0/s1. The van der Waals surface area contributed by atoms with Crippen molar-refractivity contribution >= 4 is 38.6 Å². The van der Waals surface area contributed by atoms with Crippen LogP contribution in [0.4, 0.5) is 5.95 Å². The molecule has 1 fully saturated rings. The second kappa shape index (κ2) is 10.3. The molecule has 36 heavy (non-hydrogen) atoms. The number of fused-ring (bicyclic) bond motifs is 3. The summed E-state index contributed by atoms with van der Waals surface area (Å²) < 4.78 is 9.09. The second-order valence-corrected chi connectivity index (χ2v) is 10.9. The normalized spacial score (nSPS) is 19.0. The minimum Gasteiger partial charge on any atom is -0.492 e. The van der Waals surface area contributed by atoms with Crippen molar-refractivity contribution in [1.29, 1.82) is 0 Å². The lowest BCUT2D eigenvalue weighted by Crippen LogP contribution is -2.55. The number of piperazine rings is 1. The van der Waals surface area contributed by atoms with Crippen LogP contribution in [-0.2, 0) is 0 Å². The number of likely N-dealkylation sites (N-methyl/N-ethyl adjacent to an activating group) is 1. The highest BCUT2D eigenvalue weighted by Crippen LogP contribution is 2.33. The maximum absolute atomic E-state index is 5.99. The zero-order valence-electron chi connectivity index (χ0n) is 21.6. The summed E-state index contributed by atoms with van der Waals surface area (Å²) >= 11 is 3.70. The molecule has 1 unspecified atom stereocenters. The Morgan fingerprint density at radius 3 is 2.47 bits per heavy atom. The van der Waals surface area contributed by atoms with Crippen LogP contribution in [0.25, 0.3) is 27.8 Å². The molecule has 5 rings (SSSR count). The molecule has 8 nitrogen and oxygen atoms in total. The molecule has 2 aromatic carbocycles. The van der Waals surface area contributed by atoms with Crippen LogP contribution < -0.4 is 9.64 Å². The number of ether oxygens (including phenoxy) is 1. The smallest absolute Gasteiger partial charge is 0.232 e. The van der Waals surface area contributed by atoms with Gasteiger partial charge < -0.3 is 14.5 Å². The topological polar surface area (TPSA) is 62.0 Å². The number of halogens is 1. The maximum Gasteiger partial charge on any atom is 0.232 e. The third kappa shape index (κ3) is 4.92. The number of hydrogen-bond acceptors (Lipinski definition) is 7. The molecule has 1 saturated heterocycles. The molecular formula is C27H34BrN7O. The van der Waals surface area contributed by atoms with Crippen molar-refractivity contribution in [3.05, 3.63) is 47.1 Å². The van der Waals surface area contributed by atoms with Gasteiger partial charge in [-0.15, -0.1) is 10.2 Å². The van der Waals surface area contributed by atoms with Crippen molar-refractivity contribution in [2.75, 3.05) is 52.3 Å². The summed E-state index contributed by atoms with van der Waals surface area (Å²) in [4.78, 5) is 11.6. The van der Waals surface area contributed by atoms with E-state index in [1.807, 2.05) is 6.07 Å². The molecular weight excluding hydrogens is 518 g/mol. The van der Waals surface area contributed by atoms with Crippen molar-refractivity contribution in [2.45, 2.75) is 32.4 Å². The third-order valence-corrected chi connectivity index (χ3v) is 7.74. The Kier molecular flexibility index (Phi) is 7.14. The van der Waals surface area contributed by atoms with E-state index in [9.17, 15) is 0 Å². The first-order valence-electron chi connectivity index (χ1n) is 12.5. The number of rotatable bonds is 7. The van der Waals surface area contributed by atoms with Gasteiger partial charge in [-0.3, -0.25) is 14.3 Å². The van der Waals surface area contributed by atoms with E-state index in [1.54, 1.807) is 6.20 Å². The predicted octanol–water partition coefficient (Wildman–Crippen LogP) is 4.57. The van der Waals surface area contributed by atoms with Gasteiger partial charge in [-0.1, -0.05) is 12.1 Å². The highest BCUT2D eigenvalue weighted by atomic mass is 79.9. The van der Waals surface area contributed by atoms with Crippen LogP contribution in [-0.4, -0.2) is 88.8 Å². The summed E-state index contributed by atoms with van der Waals surface area (Å²) in [7, 11) is 6.34. The monoisotopic (exact) mass is 551 g/mol. The number of aromatic nitrogens is 4. The molecule has 2 aromatic heterocycles. The minimum atomic E-state index is 0.436. The Labute approximate surface area is 221 Å². The SMILES string of the molecule is CC1CN(c2nnc3cnc4ccc(-c5ccc(OCCCN(C)C)c(Br)c5)cc4n23)C[C@H](C)N1C. The highest BCUT2D eigenvalue weighted by molar-refractivity contribution is 9.10. The Balaban J connectivity index is 1.47. The van der Waals surface area contributed by atoms with Crippen LogP contribution in [0.2, 0.25) is 0 Å². The van der Waals surface area contributed by atoms with E-state index in [-0.39, 0.29) is 0 Å². The van der Waals surface area contributed by atoms with Crippen LogP contribution in [0.5, 0.6) is 5.75 Å². The zero-order chi connectivity index (χ0) is 25.4. The van der Waals surface area contributed by atoms with Gasteiger partial charge in [0.25, 0.3) is 0 Å². The fourth-order valence-corrected chi connectivity index (χ4v) is 5.35. The first-order chi connectivity index (χ1) is 17.3. The first kappa shape index (κ1) is 24.9. The molecule has 0 spiro atoms. The number of anilines is 1. The molecule has 1 aliphatic heterocycles. The molecule has 0 bridgehead atoms. The average Bonchev–Trinajstić information content (AvgIpc) is 3.30. The van der Waals surface area contributed by atoms with E-state index in [2.05, 4.69) is 116 Å². The number of hydrogen-bond donors (Lipinski definition) is 0. The van der Waals surface area contributed by atoms with Crippen LogP contribution in [0, 0.1) is 0 Å². The molecule has 0 saturated carbocycles. The summed E-state index contributed by atoms with van der Waals surface area (Å²) in [5, 5.41) is 9.05. The molecule has 0 amide bonds. The Morgan fingerprint density at radius 2 is 1.75 bits per heavy atom. The van der Waals surface area contributed by atoms with E-state index in [0.29, 0.717) is 18.7 Å². The van der Waals surface area contributed by atoms with Crippen molar-refractivity contribution in [2.24, 2.45) is 0 Å². The summed E-state index contributed by atoms with van der Waals surface area (Å²) in [6.45, 7) is 8.04. The number of nitrogens with zero attached hydrogens (tertiary/aromatic N) is 7. The van der Waals surface area contributed by atoms with E-state index in [1.165, 1.54) is 0 Å². The summed E-state index contributed by atoms with van der Waals surface area (Å²) in [5.41, 5.74) is 4.90. The predicted molar refractivity (Wildman–Crippen MR) is 149 cm³/mol. The first-order valence-corrected chi connectivity index (χ1v) is 13.3. The summed E-state index contributed by atoms with van der Waals surface area (Å²) in [5.74, 6) is 1.74. The van der Waals surface area contributed by atoms with Crippen LogP contribution >= 0.6 is 15.9 Å². The fraction of sp³-hybridized carbons (Fsp3) is 0.444. The average molecular weight is 553 g/mol. The quantitative estimate of drug-likeness (QED) is 0.312. The lowest BCUT2D eigenvalue weighted by atomic mass is 10.0. The van der Waals surface area contributed by atoms with Crippen molar-refractivity contribution in [3.8, 4) is 16.9 Å². The Bertz CT molecular complexity index is 1360.